The first kappa shape index (κ1) is 22.9. The highest BCUT2D eigenvalue weighted by molar-refractivity contribution is 7.89. The lowest BCUT2D eigenvalue weighted by Gasteiger charge is -2.20. The Bertz CT molecular complexity index is 1140. The molecule has 0 unspecified atom stereocenters. The first-order valence-corrected chi connectivity index (χ1v) is 13.1. The summed E-state index contributed by atoms with van der Waals surface area (Å²) in [7, 11) is -2.12. The monoisotopic (exact) mass is 473 g/mol. The summed E-state index contributed by atoms with van der Waals surface area (Å²) >= 11 is 1.47. The Morgan fingerprint density at radius 2 is 2.06 bits per heavy atom. The molecule has 4 rings (SSSR count). The molecule has 9 heteroatoms. The third kappa shape index (κ3) is 4.59. The first-order chi connectivity index (χ1) is 15.3. The first-order valence-electron chi connectivity index (χ1n) is 10.8. The van der Waals surface area contributed by atoms with Crippen molar-refractivity contribution in [1.29, 1.82) is 5.26 Å². The number of nitrogens with one attached hydrogen (secondary N) is 1. The molecule has 7 nitrogen and oxygen atoms in total. The van der Waals surface area contributed by atoms with E-state index in [1.807, 2.05) is 0 Å². The maximum absolute atomic E-state index is 12.8. The number of benzene rings is 1. The quantitative estimate of drug-likeness (QED) is 0.688. The normalized spacial score (nSPS) is 20.7. The van der Waals surface area contributed by atoms with E-state index in [0.29, 0.717) is 35.2 Å². The molecule has 0 spiro atoms. The van der Waals surface area contributed by atoms with E-state index >= 15 is 0 Å². The Morgan fingerprint density at radius 1 is 1.31 bits per heavy atom. The van der Waals surface area contributed by atoms with Crippen molar-refractivity contribution in [2.45, 2.75) is 50.0 Å². The summed E-state index contributed by atoms with van der Waals surface area (Å²) in [5.74, 6) is 0.217. The Kier molecular flexibility index (Phi) is 6.67. The number of amides is 1. The average Bonchev–Trinajstić information content (AvgIpc) is 3.40. The number of thiophene rings is 1. The minimum absolute atomic E-state index is 0.0752. The Labute approximate surface area is 193 Å². The zero-order valence-electron chi connectivity index (χ0n) is 18.3. The van der Waals surface area contributed by atoms with Crippen LogP contribution in [0.15, 0.2) is 29.2 Å². The van der Waals surface area contributed by atoms with Gasteiger partial charge in [-0.1, -0.05) is 6.92 Å². The van der Waals surface area contributed by atoms with Crippen LogP contribution in [0.25, 0.3) is 0 Å². The fraction of sp³-hybridized carbons (Fsp3) is 0.478. The molecule has 1 N–H and O–H groups in total. The molecule has 1 aliphatic heterocycles. The van der Waals surface area contributed by atoms with Gasteiger partial charge in [-0.25, -0.2) is 8.42 Å². The van der Waals surface area contributed by atoms with Crippen LogP contribution in [0.3, 0.4) is 0 Å². The van der Waals surface area contributed by atoms with Gasteiger partial charge < -0.3 is 10.1 Å². The summed E-state index contributed by atoms with van der Waals surface area (Å²) in [6.45, 7) is 3.17. The number of carbonyl (C=O) groups excluding carboxylic acids is 1. The molecule has 2 heterocycles. The van der Waals surface area contributed by atoms with Crippen LogP contribution in [-0.4, -0.2) is 44.9 Å². The van der Waals surface area contributed by atoms with Crippen LogP contribution >= 0.6 is 11.3 Å². The van der Waals surface area contributed by atoms with Gasteiger partial charge >= 0.3 is 0 Å². The molecule has 1 fully saturated rings. The average molecular weight is 474 g/mol. The van der Waals surface area contributed by atoms with Crippen molar-refractivity contribution in [3.05, 3.63) is 45.8 Å². The van der Waals surface area contributed by atoms with Gasteiger partial charge in [-0.15, -0.1) is 11.3 Å². The molecule has 170 valence electrons. The second kappa shape index (κ2) is 9.32. The van der Waals surface area contributed by atoms with Gasteiger partial charge in [0.15, 0.2) is 0 Å². The van der Waals surface area contributed by atoms with Crippen molar-refractivity contribution in [2.75, 3.05) is 25.5 Å². The summed E-state index contributed by atoms with van der Waals surface area (Å²) in [5, 5.41) is 13.1. The molecule has 1 aromatic carbocycles. The van der Waals surface area contributed by atoms with Crippen LogP contribution in [0.2, 0.25) is 0 Å². The number of nitriles is 1. The fourth-order valence-electron chi connectivity index (χ4n) is 4.26. The van der Waals surface area contributed by atoms with Crippen LogP contribution in [-0.2, 0) is 27.6 Å². The number of hydrogen-bond acceptors (Lipinski definition) is 6. The summed E-state index contributed by atoms with van der Waals surface area (Å²) in [4.78, 5) is 14.1. The van der Waals surface area contributed by atoms with Crippen LogP contribution < -0.4 is 5.32 Å². The molecule has 32 heavy (non-hydrogen) atoms. The highest BCUT2D eigenvalue weighted by atomic mass is 32.2. The highest BCUT2D eigenvalue weighted by Gasteiger charge is 2.27. The van der Waals surface area contributed by atoms with Crippen LogP contribution in [0, 0.1) is 17.2 Å². The zero-order chi connectivity index (χ0) is 22.9. The molecule has 2 aromatic rings. The number of hydrogen-bond donors (Lipinski definition) is 1. The smallest absolute Gasteiger partial charge is 0.256 e. The molecule has 0 bridgehead atoms. The van der Waals surface area contributed by atoms with Crippen molar-refractivity contribution in [2.24, 2.45) is 5.92 Å². The van der Waals surface area contributed by atoms with Gasteiger partial charge in [-0.2, -0.15) is 9.57 Å². The van der Waals surface area contributed by atoms with Crippen LogP contribution in [0.1, 0.15) is 52.5 Å². The summed E-state index contributed by atoms with van der Waals surface area (Å²) < 4.78 is 32.5. The molecular weight excluding hydrogens is 446 g/mol. The fourth-order valence-corrected chi connectivity index (χ4v) is 6.82. The van der Waals surface area contributed by atoms with Crippen molar-refractivity contribution in [1.82, 2.24) is 4.31 Å². The Morgan fingerprint density at radius 3 is 2.72 bits per heavy atom. The predicted octanol–water partition coefficient (Wildman–Crippen LogP) is 3.80. The summed E-state index contributed by atoms with van der Waals surface area (Å²) in [6.07, 6.45) is 4.56. The molecule has 1 amide bonds. The number of sulfonamides is 1. The van der Waals surface area contributed by atoms with E-state index in [4.69, 9.17) is 4.74 Å². The van der Waals surface area contributed by atoms with Crippen molar-refractivity contribution >= 4 is 32.3 Å². The van der Waals surface area contributed by atoms with E-state index < -0.39 is 10.0 Å². The van der Waals surface area contributed by atoms with E-state index in [9.17, 15) is 18.5 Å². The third-order valence-electron chi connectivity index (χ3n) is 6.16. The van der Waals surface area contributed by atoms with Crippen molar-refractivity contribution in [3.63, 3.8) is 0 Å². The van der Waals surface area contributed by atoms with Gasteiger partial charge in [0.05, 0.1) is 16.6 Å². The number of nitrogens with zero attached hydrogens (tertiary/aromatic N) is 2. The minimum Gasteiger partial charge on any atom is -0.377 e. The lowest BCUT2D eigenvalue weighted by atomic mass is 9.88. The molecule has 2 aliphatic rings. The van der Waals surface area contributed by atoms with Crippen LogP contribution in [0.4, 0.5) is 5.00 Å². The summed E-state index contributed by atoms with van der Waals surface area (Å²) in [5.41, 5.74) is 1.95. The largest absolute Gasteiger partial charge is 0.377 e. The second-order valence-electron chi connectivity index (χ2n) is 8.57. The molecule has 0 saturated carbocycles. The molecule has 2 atom stereocenters. The van der Waals surface area contributed by atoms with Crippen LogP contribution in [0.5, 0.6) is 0 Å². The third-order valence-corrected chi connectivity index (χ3v) is 9.17. The molecular formula is C23H27N3O4S2. The number of carbonyl (C=O) groups is 1. The van der Waals surface area contributed by atoms with E-state index in [-0.39, 0.29) is 16.9 Å². The molecule has 1 saturated heterocycles. The maximum Gasteiger partial charge on any atom is 0.256 e. The number of likely N-dealkylation sites (N-methyl/N-ethyl adjacent to an activating group) is 1. The second-order valence-corrected chi connectivity index (χ2v) is 11.7. The Balaban J connectivity index is 1.47. The number of rotatable bonds is 6. The van der Waals surface area contributed by atoms with Gasteiger partial charge in [-0.3, -0.25) is 4.79 Å². The van der Waals surface area contributed by atoms with Crippen molar-refractivity contribution < 1.29 is 17.9 Å². The Hall–Kier alpha value is -2.25. The lowest BCUT2D eigenvalue weighted by molar-refractivity contribution is 0.0979. The molecule has 1 aliphatic carbocycles. The topological polar surface area (TPSA) is 99.5 Å². The molecule has 0 radical (unpaired) electrons. The van der Waals surface area contributed by atoms with Gasteiger partial charge in [0.2, 0.25) is 10.0 Å². The number of fused-ring (bicyclic) bond motifs is 1. The summed E-state index contributed by atoms with van der Waals surface area (Å²) in [6, 6.07) is 8.15. The number of anilines is 1. The SMILES string of the molecule is C[C@H]1CCc2c(sc(NC(=O)c3ccc(S(=O)(=O)N(C)C[C@H]4CCCO4)cc3)c2C#N)C1. The van der Waals surface area contributed by atoms with E-state index in [1.54, 1.807) is 7.05 Å². The van der Waals surface area contributed by atoms with E-state index in [1.165, 1.54) is 44.8 Å². The lowest BCUT2D eigenvalue weighted by Crippen LogP contribution is -2.34. The van der Waals surface area contributed by atoms with E-state index in [0.717, 1.165) is 37.7 Å². The van der Waals surface area contributed by atoms with Gasteiger partial charge in [-0.05, 0) is 67.9 Å². The van der Waals surface area contributed by atoms with Crippen molar-refractivity contribution in [3.8, 4) is 6.07 Å². The van der Waals surface area contributed by atoms with Gasteiger partial charge in [0, 0.05) is 30.6 Å². The van der Waals surface area contributed by atoms with E-state index in [2.05, 4.69) is 18.3 Å². The number of ether oxygens (including phenoxy) is 1. The standard InChI is InChI=1S/C23H27N3O4S2/c1-15-5-10-19-20(13-24)23(31-21(19)12-15)25-22(27)16-6-8-18(9-7-16)32(28,29)26(2)14-17-4-3-11-30-17/h6-9,15,17H,3-5,10-12,14H2,1-2H3,(H,25,27)/t15-,17+/m0/s1. The highest BCUT2D eigenvalue weighted by Crippen LogP contribution is 2.39. The van der Waals surface area contributed by atoms with Gasteiger partial charge in [0.1, 0.15) is 11.1 Å². The van der Waals surface area contributed by atoms with Gasteiger partial charge in [0.25, 0.3) is 5.91 Å². The molecule has 1 aromatic heterocycles. The maximum atomic E-state index is 12.8. The zero-order valence-corrected chi connectivity index (χ0v) is 19.9. The predicted molar refractivity (Wildman–Crippen MR) is 123 cm³/mol. The minimum atomic E-state index is -3.67.